The average Bonchev–Trinajstić information content (AvgIpc) is 2.19. The van der Waals surface area contributed by atoms with Crippen molar-refractivity contribution in [1.82, 2.24) is 15.2 Å². The Balaban J connectivity index is 3.00. The van der Waals surface area contributed by atoms with Gasteiger partial charge in [-0.2, -0.15) is 5.10 Å². The van der Waals surface area contributed by atoms with Crippen molar-refractivity contribution in [2.75, 3.05) is 11.6 Å². The summed E-state index contributed by atoms with van der Waals surface area (Å²) in [4.78, 5) is 3.89. The molecule has 0 aliphatic carbocycles. The fraction of sp³-hybridized carbons (Fsp3) is 0.625. The molecule has 0 amide bonds. The number of hydrogen-bond donors (Lipinski definition) is 0. The molecule has 1 heterocycles. The second kappa shape index (κ2) is 4.85. The van der Waals surface area contributed by atoms with E-state index in [1.807, 2.05) is 0 Å². The number of halogens is 1. The number of aromatic nitrogens is 3. The van der Waals surface area contributed by atoms with Crippen molar-refractivity contribution in [3.05, 3.63) is 11.4 Å². The molecule has 0 aromatic carbocycles. The first-order chi connectivity index (χ1) is 6.97. The molecule has 0 aliphatic rings. The normalized spacial score (nSPS) is 11.7. The van der Waals surface area contributed by atoms with E-state index in [0.29, 0.717) is 23.7 Å². The molecule has 0 saturated heterocycles. The van der Waals surface area contributed by atoms with Crippen LogP contribution in [0.15, 0.2) is 5.16 Å². The van der Waals surface area contributed by atoms with E-state index in [1.165, 1.54) is 0 Å². The molecule has 0 atom stereocenters. The van der Waals surface area contributed by atoms with Gasteiger partial charge in [0.25, 0.3) is 5.16 Å². The fourth-order valence-corrected chi connectivity index (χ4v) is 2.34. The van der Waals surface area contributed by atoms with Crippen LogP contribution in [0.25, 0.3) is 0 Å². The minimum Gasteiger partial charge on any atom is -0.220 e. The van der Waals surface area contributed by atoms with E-state index in [-0.39, 0.29) is 10.9 Å². The Kier molecular flexibility index (Phi) is 3.98. The van der Waals surface area contributed by atoms with Gasteiger partial charge in [0.05, 0.1) is 17.1 Å². The third-order valence-corrected chi connectivity index (χ3v) is 3.72. The van der Waals surface area contributed by atoms with Gasteiger partial charge >= 0.3 is 0 Å². The predicted octanol–water partition coefficient (Wildman–Crippen LogP) is 0.891. The van der Waals surface area contributed by atoms with E-state index in [0.717, 1.165) is 0 Å². The molecule has 5 nitrogen and oxygen atoms in total. The van der Waals surface area contributed by atoms with Crippen LogP contribution in [0.1, 0.15) is 17.8 Å². The Morgan fingerprint density at radius 3 is 2.40 bits per heavy atom. The summed E-state index contributed by atoms with van der Waals surface area (Å²) in [6.07, 6.45) is 0.389. The van der Waals surface area contributed by atoms with Gasteiger partial charge < -0.3 is 0 Å². The van der Waals surface area contributed by atoms with Crippen molar-refractivity contribution in [3.63, 3.8) is 0 Å². The fourth-order valence-electron chi connectivity index (χ4n) is 0.904. The van der Waals surface area contributed by atoms with Gasteiger partial charge in [-0.1, -0.05) is 0 Å². The zero-order valence-corrected chi connectivity index (χ0v) is 10.1. The van der Waals surface area contributed by atoms with E-state index in [2.05, 4.69) is 15.2 Å². The van der Waals surface area contributed by atoms with E-state index in [9.17, 15) is 8.42 Å². The molecule has 15 heavy (non-hydrogen) atoms. The van der Waals surface area contributed by atoms with Gasteiger partial charge in [-0.25, -0.2) is 13.4 Å². The van der Waals surface area contributed by atoms with Crippen molar-refractivity contribution in [1.29, 1.82) is 0 Å². The quantitative estimate of drug-likeness (QED) is 0.741. The molecule has 0 fully saturated rings. The highest BCUT2D eigenvalue weighted by atomic mass is 35.5. The maximum atomic E-state index is 11.6. The van der Waals surface area contributed by atoms with E-state index < -0.39 is 9.84 Å². The lowest BCUT2D eigenvalue weighted by Gasteiger charge is -2.02. The van der Waals surface area contributed by atoms with Gasteiger partial charge in [-0.3, -0.25) is 0 Å². The van der Waals surface area contributed by atoms with Gasteiger partial charge in [-0.15, -0.1) is 16.7 Å². The zero-order chi connectivity index (χ0) is 11.5. The van der Waals surface area contributed by atoms with Crippen molar-refractivity contribution in [2.24, 2.45) is 0 Å². The lowest BCUT2D eigenvalue weighted by Crippen LogP contribution is -2.13. The van der Waals surface area contributed by atoms with Crippen LogP contribution < -0.4 is 0 Å². The zero-order valence-electron chi connectivity index (χ0n) is 8.57. The Morgan fingerprint density at radius 1 is 1.20 bits per heavy atom. The second-order valence-electron chi connectivity index (χ2n) is 3.13. The largest absolute Gasteiger partial charge is 0.267 e. The summed E-state index contributed by atoms with van der Waals surface area (Å²) < 4.78 is 23.3. The van der Waals surface area contributed by atoms with Crippen molar-refractivity contribution in [3.8, 4) is 0 Å². The summed E-state index contributed by atoms with van der Waals surface area (Å²) in [5, 5.41) is 7.09. The maximum absolute atomic E-state index is 11.6. The van der Waals surface area contributed by atoms with Gasteiger partial charge in [0.1, 0.15) is 0 Å². The molecule has 7 heteroatoms. The average molecular weight is 250 g/mol. The first kappa shape index (κ1) is 12.3. The van der Waals surface area contributed by atoms with E-state index in [4.69, 9.17) is 11.6 Å². The van der Waals surface area contributed by atoms with E-state index >= 15 is 0 Å². The van der Waals surface area contributed by atoms with E-state index in [1.54, 1.807) is 13.8 Å². The summed E-state index contributed by atoms with van der Waals surface area (Å²) >= 11 is 5.43. The Hall–Kier alpha value is -0.750. The predicted molar refractivity (Wildman–Crippen MR) is 56.7 cm³/mol. The Labute approximate surface area is 93.8 Å². The van der Waals surface area contributed by atoms with Crippen LogP contribution in [0.5, 0.6) is 0 Å². The Morgan fingerprint density at radius 2 is 1.87 bits per heavy atom. The SMILES string of the molecule is Cc1nnc(S(=O)(=O)CCCCl)nc1C. The highest BCUT2D eigenvalue weighted by molar-refractivity contribution is 7.91. The molecule has 0 bridgehead atoms. The van der Waals surface area contributed by atoms with Gasteiger partial charge in [-0.05, 0) is 20.3 Å². The van der Waals surface area contributed by atoms with Gasteiger partial charge in [0.2, 0.25) is 9.84 Å². The summed E-state index contributed by atoms with van der Waals surface area (Å²) in [6, 6.07) is 0. The molecule has 0 N–H and O–H groups in total. The van der Waals surface area contributed by atoms with Crippen molar-refractivity contribution in [2.45, 2.75) is 25.4 Å². The van der Waals surface area contributed by atoms with Crippen LogP contribution in [0, 0.1) is 13.8 Å². The third kappa shape index (κ3) is 3.10. The van der Waals surface area contributed by atoms with Crippen LogP contribution in [-0.4, -0.2) is 35.2 Å². The number of nitrogens with zero attached hydrogens (tertiary/aromatic N) is 3. The molecular weight excluding hydrogens is 238 g/mol. The summed E-state index contributed by atoms with van der Waals surface area (Å²) in [5.74, 6) is 0.262. The first-order valence-electron chi connectivity index (χ1n) is 4.44. The highest BCUT2D eigenvalue weighted by Crippen LogP contribution is 2.07. The summed E-state index contributed by atoms with van der Waals surface area (Å²) in [6.45, 7) is 3.43. The standard InChI is InChI=1S/C8H12ClN3O2S/c1-6-7(2)11-12-8(10-6)15(13,14)5-3-4-9/h3-5H2,1-2H3. The van der Waals surface area contributed by atoms with Gasteiger partial charge in [0.15, 0.2) is 0 Å². The second-order valence-corrected chi connectivity index (χ2v) is 5.51. The maximum Gasteiger partial charge on any atom is 0.267 e. The number of rotatable bonds is 4. The molecular formula is C8H12ClN3O2S. The molecule has 0 saturated carbocycles. The monoisotopic (exact) mass is 249 g/mol. The number of hydrogen-bond acceptors (Lipinski definition) is 5. The smallest absolute Gasteiger partial charge is 0.220 e. The molecule has 1 rings (SSSR count). The molecule has 0 unspecified atom stereocenters. The number of alkyl halides is 1. The summed E-state index contributed by atoms with van der Waals surface area (Å²) in [5.41, 5.74) is 1.21. The third-order valence-electron chi connectivity index (χ3n) is 1.90. The lowest BCUT2D eigenvalue weighted by atomic mass is 10.4. The molecule has 0 spiro atoms. The Bertz CT molecular complexity index is 447. The van der Waals surface area contributed by atoms with Crippen LogP contribution >= 0.6 is 11.6 Å². The molecule has 0 aliphatic heterocycles. The molecule has 1 aromatic rings. The van der Waals surface area contributed by atoms with Crippen molar-refractivity contribution >= 4 is 21.4 Å². The van der Waals surface area contributed by atoms with Crippen molar-refractivity contribution < 1.29 is 8.42 Å². The lowest BCUT2D eigenvalue weighted by molar-refractivity contribution is 0.579. The van der Waals surface area contributed by atoms with Gasteiger partial charge in [0, 0.05) is 5.88 Å². The molecule has 0 radical (unpaired) electrons. The molecule has 84 valence electrons. The number of aryl methyl sites for hydroxylation is 2. The summed E-state index contributed by atoms with van der Waals surface area (Å²) in [7, 11) is -3.43. The first-order valence-corrected chi connectivity index (χ1v) is 6.62. The van der Waals surface area contributed by atoms with Crippen LogP contribution in [-0.2, 0) is 9.84 Å². The van der Waals surface area contributed by atoms with Crippen LogP contribution in [0.2, 0.25) is 0 Å². The van der Waals surface area contributed by atoms with Crippen LogP contribution in [0.3, 0.4) is 0 Å². The molecule has 1 aromatic heterocycles. The van der Waals surface area contributed by atoms with Crippen LogP contribution in [0.4, 0.5) is 0 Å². The minimum absolute atomic E-state index is 0.0410. The topological polar surface area (TPSA) is 72.8 Å². The minimum atomic E-state index is -3.43. The highest BCUT2D eigenvalue weighted by Gasteiger charge is 2.18. The number of sulfone groups is 1.